The van der Waals surface area contributed by atoms with Crippen molar-refractivity contribution in [1.82, 2.24) is 4.57 Å². The zero-order valence-electron chi connectivity index (χ0n) is 17.9. The van der Waals surface area contributed by atoms with Crippen LogP contribution in [0.2, 0.25) is 0 Å². The highest BCUT2D eigenvalue weighted by molar-refractivity contribution is 6.01. The number of aryl methyl sites for hydroxylation is 1. The van der Waals surface area contributed by atoms with Crippen LogP contribution in [0.4, 0.5) is 5.69 Å². The lowest BCUT2D eigenvalue weighted by Crippen LogP contribution is -2.26. The SMILES string of the molecule is CCC1=CC(C2(C(=O)Nc3ccc4c(c3)cc(C(C)(C)C)n4C)CC2)=CCC1. The van der Waals surface area contributed by atoms with Crippen molar-refractivity contribution < 1.29 is 4.79 Å². The van der Waals surface area contributed by atoms with Crippen LogP contribution >= 0.6 is 0 Å². The largest absolute Gasteiger partial charge is 0.347 e. The quantitative estimate of drug-likeness (QED) is 0.672. The molecule has 1 saturated carbocycles. The third-order valence-corrected chi connectivity index (χ3v) is 6.45. The first-order chi connectivity index (χ1) is 13.2. The Morgan fingerprint density at radius 3 is 2.61 bits per heavy atom. The zero-order chi connectivity index (χ0) is 20.1. The molecule has 0 atom stereocenters. The van der Waals surface area contributed by atoms with Crippen LogP contribution in [0.5, 0.6) is 0 Å². The second-order valence-corrected chi connectivity index (χ2v) is 9.50. The van der Waals surface area contributed by atoms with Crippen molar-refractivity contribution in [2.75, 3.05) is 5.32 Å². The molecule has 148 valence electrons. The fourth-order valence-electron chi connectivity index (χ4n) is 4.55. The van der Waals surface area contributed by atoms with Gasteiger partial charge in [0.2, 0.25) is 5.91 Å². The number of allylic oxidation sites excluding steroid dienone is 3. The number of anilines is 1. The number of rotatable bonds is 4. The van der Waals surface area contributed by atoms with E-state index in [2.05, 4.69) is 75.0 Å². The molecule has 3 nitrogen and oxygen atoms in total. The summed E-state index contributed by atoms with van der Waals surface area (Å²) in [5.74, 6) is 0.152. The normalized spacial score (nSPS) is 18.6. The first-order valence-electron chi connectivity index (χ1n) is 10.6. The van der Waals surface area contributed by atoms with Crippen molar-refractivity contribution in [1.29, 1.82) is 0 Å². The Morgan fingerprint density at radius 1 is 1.21 bits per heavy atom. The Hall–Kier alpha value is -2.29. The fourth-order valence-corrected chi connectivity index (χ4v) is 4.55. The highest BCUT2D eigenvalue weighted by Gasteiger charge is 2.52. The van der Waals surface area contributed by atoms with E-state index < -0.39 is 0 Å². The van der Waals surface area contributed by atoms with Crippen molar-refractivity contribution in [3.05, 3.63) is 53.3 Å². The lowest BCUT2D eigenvalue weighted by molar-refractivity contribution is -0.119. The van der Waals surface area contributed by atoms with Crippen LogP contribution < -0.4 is 5.32 Å². The van der Waals surface area contributed by atoms with Gasteiger partial charge in [0.1, 0.15) is 0 Å². The van der Waals surface area contributed by atoms with Gasteiger partial charge < -0.3 is 9.88 Å². The summed E-state index contributed by atoms with van der Waals surface area (Å²) in [6, 6.07) is 8.51. The van der Waals surface area contributed by atoms with E-state index in [0.29, 0.717) is 0 Å². The van der Waals surface area contributed by atoms with Gasteiger partial charge in [-0.2, -0.15) is 0 Å². The Labute approximate surface area is 168 Å². The summed E-state index contributed by atoms with van der Waals surface area (Å²) in [6.45, 7) is 8.90. The number of fused-ring (bicyclic) bond motifs is 1. The van der Waals surface area contributed by atoms with E-state index in [9.17, 15) is 4.79 Å². The van der Waals surface area contributed by atoms with Gasteiger partial charge in [0.15, 0.2) is 0 Å². The fraction of sp³-hybridized carbons (Fsp3) is 0.480. The predicted molar refractivity (Wildman–Crippen MR) is 118 cm³/mol. The van der Waals surface area contributed by atoms with Crippen molar-refractivity contribution in [2.24, 2.45) is 12.5 Å². The molecule has 1 N–H and O–H groups in total. The van der Waals surface area contributed by atoms with Gasteiger partial charge in [-0.15, -0.1) is 0 Å². The molecular weight excluding hydrogens is 344 g/mol. The van der Waals surface area contributed by atoms with E-state index in [1.54, 1.807) is 0 Å². The van der Waals surface area contributed by atoms with Crippen LogP contribution in [0.1, 0.15) is 65.5 Å². The van der Waals surface area contributed by atoms with Gasteiger partial charge in [0.05, 0.1) is 5.41 Å². The summed E-state index contributed by atoms with van der Waals surface area (Å²) in [4.78, 5) is 13.2. The number of nitrogens with zero attached hydrogens (tertiary/aromatic N) is 1. The topological polar surface area (TPSA) is 34.0 Å². The maximum atomic E-state index is 13.2. The molecule has 1 heterocycles. The van der Waals surface area contributed by atoms with Crippen LogP contribution in [-0.2, 0) is 17.3 Å². The number of hydrogen-bond donors (Lipinski definition) is 1. The van der Waals surface area contributed by atoms with E-state index in [1.807, 2.05) is 6.07 Å². The minimum atomic E-state index is -0.303. The van der Waals surface area contributed by atoms with Crippen LogP contribution in [0.3, 0.4) is 0 Å². The smallest absolute Gasteiger partial charge is 0.235 e. The van der Waals surface area contributed by atoms with Crippen molar-refractivity contribution in [3.63, 3.8) is 0 Å². The van der Waals surface area contributed by atoms with Gasteiger partial charge >= 0.3 is 0 Å². The second kappa shape index (κ2) is 6.65. The summed E-state index contributed by atoms with van der Waals surface area (Å²) in [6.07, 6.45) is 9.76. The van der Waals surface area contributed by atoms with Gasteiger partial charge in [-0.1, -0.05) is 45.4 Å². The lowest BCUT2D eigenvalue weighted by atomic mass is 9.86. The summed E-state index contributed by atoms with van der Waals surface area (Å²) >= 11 is 0. The van der Waals surface area contributed by atoms with E-state index in [0.717, 1.165) is 37.8 Å². The number of amides is 1. The van der Waals surface area contributed by atoms with Crippen LogP contribution in [0.15, 0.2) is 47.6 Å². The molecule has 0 radical (unpaired) electrons. The maximum absolute atomic E-state index is 13.2. The predicted octanol–water partition coefficient (Wildman–Crippen LogP) is 6.25. The van der Waals surface area contributed by atoms with Crippen molar-refractivity contribution >= 4 is 22.5 Å². The molecular formula is C25H32N2O. The molecule has 0 bridgehead atoms. The highest BCUT2D eigenvalue weighted by atomic mass is 16.2. The van der Waals surface area contributed by atoms with E-state index >= 15 is 0 Å². The first kappa shape index (κ1) is 19.0. The zero-order valence-corrected chi connectivity index (χ0v) is 17.9. The molecule has 3 heteroatoms. The summed E-state index contributed by atoms with van der Waals surface area (Å²) in [7, 11) is 2.12. The molecule has 0 saturated heterocycles. The molecule has 2 aliphatic rings. The molecule has 2 aliphatic carbocycles. The van der Waals surface area contributed by atoms with Gasteiger partial charge in [-0.3, -0.25) is 4.79 Å². The van der Waals surface area contributed by atoms with Crippen molar-refractivity contribution in [3.8, 4) is 0 Å². The maximum Gasteiger partial charge on any atom is 0.235 e. The summed E-state index contributed by atoms with van der Waals surface area (Å²) < 4.78 is 2.26. The molecule has 0 aliphatic heterocycles. The standard InChI is InChI=1S/C25H32N2O/c1-6-17-8-7-9-19(14-17)25(12-13-25)23(28)26-20-10-11-21-18(15-20)16-22(27(21)5)24(2,3)4/h9-11,14-16H,6-8,12-13H2,1-5H3,(H,26,28). The molecule has 0 unspecified atom stereocenters. The third kappa shape index (κ3) is 3.21. The molecule has 4 rings (SSSR count). The minimum absolute atomic E-state index is 0.0893. The number of carbonyl (C=O) groups excluding carboxylic acids is 1. The van der Waals surface area contributed by atoms with Gasteiger partial charge in [-0.05, 0) is 61.9 Å². The molecule has 2 aromatic rings. The molecule has 1 aromatic heterocycles. The Kier molecular flexibility index (Phi) is 4.52. The number of benzene rings is 1. The van der Waals surface area contributed by atoms with Crippen LogP contribution in [0.25, 0.3) is 10.9 Å². The average molecular weight is 377 g/mol. The highest BCUT2D eigenvalue weighted by Crippen LogP contribution is 2.54. The minimum Gasteiger partial charge on any atom is -0.347 e. The second-order valence-electron chi connectivity index (χ2n) is 9.50. The first-order valence-corrected chi connectivity index (χ1v) is 10.6. The van der Waals surface area contributed by atoms with Crippen LogP contribution in [-0.4, -0.2) is 10.5 Å². The lowest BCUT2D eigenvalue weighted by Gasteiger charge is -2.21. The molecule has 1 aromatic carbocycles. The Bertz CT molecular complexity index is 993. The van der Waals surface area contributed by atoms with Crippen LogP contribution in [0, 0.1) is 5.41 Å². The number of carbonyl (C=O) groups is 1. The Balaban J connectivity index is 1.59. The van der Waals surface area contributed by atoms with E-state index in [4.69, 9.17) is 0 Å². The summed E-state index contributed by atoms with van der Waals surface area (Å²) in [5.41, 5.74) is 5.89. The number of nitrogens with one attached hydrogen (secondary N) is 1. The van der Waals surface area contributed by atoms with Gasteiger partial charge in [0.25, 0.3) is 0 Å². The molecule has 1 amide bonds. The molecule has 28 heavy (non-hydrogen) atoms. The summed E-state index contributed by atoms with van der Waals surface area (Å²) in [5, 5.41) is 4.40. The van der Waals surface area contributed by atoms with E-state index in [1.165, 1.54) is 27.7 Å². The van der Waals surface area contributed by atoms with E-state index in [-0.39, 0.29) is 16.7 Å². The van der Waals surface area contributed by atoms with Gasteiger partial charge in [0, 0.05) is 34.7 Å². The third-order valence-electron chi connectivity index (χ3n) is 6.45. The molecule has 0 spiro atoms. The van der Waals surface area contributed by atoms with Crippen molar-refractivity contribution in [2.45, 2.75) is 65.2 Å². The molecule has 1 fully saturated rings. The Morgan fingerprint density at radius 2 is 1.96 bits per heavy atom. The monoisotopic (exact) mass is 376 g/mol. The number of hydrogen-bond acceptors (Lipinski definition) is 1. The average Bonchev–Trinajstić information content (AvgIpc) is 3.41. The van der Waals surface area contributed by atoms with Gasteiger partial charge in [-0.25, -0.2) is 0 Å². The number of aromatic nitrogens is 1.